The molecule has 0 amide bonds. The molecule has 102 valence electrons. The van der Waals surface area contributed by atoms with Crippen molar-refractivity contribution in [3.05, 3.63) is 22.7 Å². The van der Waals surface area contributed by atoms with Crippen molar-refractivity contribution in [1.82, 2.24) is 15.0 Å². The Labute approximate surface area is 116 Å². The van der Waals surface area contributed by atoms with Crippen molar-refractivity contribution in [1.29, 1.82) is 0 Å². The molecule has 0 spiro atoms. The fourth-order valence-electron chi connectivity index (χ4n) is 2.45. The summed E-state index contributed by atoms with van der Waals surface area (Å²) in [4.78, 5) is 6.78. The van der Waals surface area contributed by atoms with E-state index < -0.39 is 0 Å². The Hall–Kier alpha value is -1.24. The van der Waals surface area contributed by atoms with E-state index in [4.69, 9.17) is 10.3 Å². The summed E-state index contributed by atoms with van der Waals surface area (Å²) in [6.45, 7) is 5.72. The number of hydrogen-bond acceptors (Lipinski definition) is 6. The molecule has 1 saturated heterocycles. The number of thiophene rings is 1. The van der Waals surface area contributed by atoms with Gasteiger partial charge >= 0.3 is 0 Å². The fraction of sp³-hybridized carbons (Fsp3) is 0.538. The maximum atomic E-state index is 5.82. The average molecular weight is 278 g/mol. The summed E-state index contributed by atoms with van der Waals surface area (Å²) in [5, 5.41) is 8.06. The second-order valence-electron chi connectivity index (χ2n) is 5.50. The van der Waals surface area contributed by atoms with E-state index in [1.165, 1.54) is 0 Å². The predicted octanol–water partition coefficient (Wildman–Crippen LogP) is 1.97. The van der Waals surface area contributed by atoms with Crippen LogP contribution in [0.1, 0.15) is 19.2 Å². The minimum atomic E-state index is 0.232. The van der Waals surface area contributed by atoms with Crippen molar-refractivity contribution in [3.63, 3.8) is 0 Å². The van der Waals surface area contributed by atoms with E-state index in [1.807, 2.05) is 16.8 Å². The van der Waals surface area contributed by atoms with Crippen LogP contribution in [-0.4, -0.2) is 34.7 Å². The molecule has 2 N–H and O–H groups in total. The number of aromatic nitrogens is 2. The standard InChI is InChI=1S/C13H18N4OS/c1-13(8-14)3-4-17(9-13)6-11-15-12(16-18-11)10-2-5-19-7-10/h2,5,7H,3-4,6,8-9,14H2,1H3. The van der Waals surface area contributed by atoms with E-state index in [2.05, 4.69) is 22.0 Å². The summed E-state index contributed by atoms with van der Waals surface area (Å²) in [5.41, 5.74) is 7.07. The summed E-state index contributed by atoms with van der Waals surface area (Å²) < 4.78 is 5.32. The van der Waals surface area contributed by atoms with Crippen LogP contribution in [-0.2, 0) is 6.54 Å². The van der Waals surface area contributed by atoms with Gasteiger partial charge in [-0.3, -0.25) is 4.90 Å². The lowest BCUT2D eigenvalue weighted by molar-refractivity contribution is 0.239. The Bertz CT molecular complexity index is 539. The third-order valence-corrected chi connectivity index (χ3v) is 4.42. The first-order chi connectivity index (χ1) is 9.18. The number of nitrogens with two attached hydrogens (primary N) is 1. The van der Waals surface area contributed by atoms with Gasteiger partial charge in [0.1, 0.15) is 0 Å². The molecule has 1 atom stereocenters. The maximum absolute atomic E-state index is 5.82. The van der Waals surface area contributed by atoms with Gasteiger partial charge in [-0.25, -0.2) is 0 Å². The zero-order chi connectivity index (χ0) is 13.3. The normalized spacial score (nSPS) is 24.1. The summed E-state index contributed by atoms with van der Waals surface area (Å²) >= 11 is 1.63. The molecule has 0 aromatic carbocycles. The zero-order valence-electron chi connectivity index (χ0n) is 11.0. The summed E-state index contributed by atoms with van der Waals surface area (Å²) in [7, 11) is 0. The molecule has 0 radical (unpaired) electrons. The van der Waals surface area contributed by atoms with E-state index in [0.717, 1.165) is 31.6 Å². The molecular weight excluding hydrogens is 260 g/mol. The smallest absolute Gasteiger partial charge is 0.241 e. The van der Waals surface area contributed by atoms with E-state index >= 15 is 0 Å². The van der Waals surface area contributed by atoms with Crippen molar-refractivity contribution >= 4 is 11.3 Å². The van der Waals surface area contributed by atoms with Gasteiger partial charge in [-0.1, -0.05) is 12.1 Å². The van der Waals surface area contributed by atoms with Crippen molar-refractivity contribution < 1.29 is 4.52 Å². The highest BCUT2D eigenvalue weighted by Crippen LogP contribution is 2.29. The van der Waals surface area contributed by atoms with Crippen molar-refractivity contribution in [3.8, 4) is 11.4 Å². The molecule has 0 bridgehead atoms. The van der Waals surface area contributed by atoms with Crippen LogP contribution in [0.5, 0.6) is 0 Å². The molecule has 0 aliphatic carbocycles. The van der Waals surface area contributed by atoms with Crippen molar-refractivity contribution in [2.45, 2.75) is 19.9 Å². The first-order valence-electron chi connectivity index (χ1n) is 6.46. The topological polar surface area (TPSA) is 68.2 Å². The van der Waals surface area contributed by atoms with Gasteiger partial charge in [0.15, 0.2) is 0 Å². The van der Waals surface area contributed by atoms with E-state index in [-0.39, 0.29) is 5.41 Å². The monoisotopic (exact) mass is 278 g/mol. The van der Waals surface area contributed by atoms with Crippen molar-refractivity contribution in [2.75, 3.05) is 19.6 Å². The number of likely N-dealkylation sites (tertiary alicyclic amines) is 1. The number of rotatable bonds is 4. The zero-order valence-corrected chi connectivity index (χ0v) is 11.8. The molecule has 2 aromatic heterocycles. The lowest BCUT2D eigenvalue weighted by atomic mass is 9.90. The second-order valence-corrected chi connectivity index (χ2v) is 6.28. The van der Waals surface area contributed by atoms with Crippen LogP contribution < -0.4 is 5.73 Å². The van der Waals surface area contributed by atoms with Gasteiger partial charge < -0.3 is 10.3 Å². The highest BCUT2D eigenvalue weighted by molar-refractivity contribution is 7.08. The first-order valence-corrected chi connectivity index (χ1v) is 7.40. The van der Waals surface area contributed by atoms with Gasteiger partial charge in [0.2, 0.25) is 11.7 Å². The highest BCUT2D eigenvalue weighted by Gasteiger charge is 2.33. The van der Waals surface area contributed by atoms with Crippen LogP contribution in [0.2, 0.25) is 0 Å². The molecule has 1 unspecified atom stereocenters. The average Bonchev–Trinajstić information content (AvgIpc) is 3.11. The molecule has 2 aromatic rings. The molecule has 5 nitrogen and oxygen atoms in total. The van der Waals surface area contributed by atoms with Gasteiger partial charge in [-0.2, -0.15) is 16.3 Å². The van der Waals surface area contributed by atoms with E-state index in [1.54, 1.807) is 11.3 Å². The minimum absolute atomic E-state index is 0.232. The quantitative estimate of drug-likeness (QED) is 0.926. The maximum Gasteiger partial charge on any atom is 0.241 e. The van der Waals surface area contributed by atoms with Crippen LogP contribution >= 0.6 is 11.3 Å². The van der Waals surface area contributed by atoms with Gasteiger partial charge in [-0.15, -0.1) is 0 Å². The van der Waals surface area contributed by atoms with Gasteiger partial charge in [-0.05, 0) is 36.4 Å². The number of nitrogens with zero attached hydrogens (tertiary/aromatic N) is 3. The summed E-state index contributed by atoms with van der Waals surface area (Å²) in [6, 6.07) is 2.00. The third-order valence-electron chi connectivity index (χ3n) is 3.74. The van der Waals surface area contributed by atoms with Crippen LogP contribution in [0.3, 0.4) is 0 Å². The third kappa shape index (κ3) is 2.70. The highest BCUT2D eigenvalue weighted by atomic mass is 32.1. The van der Waals surface area contributed by atoms with Crippen LogP contribution in [0.25, 0.3) is 11.4 Å². The lowest BCUT2D eigenvalue weighted by Gasteiger charge is -2.21. The Kier molecular flexibility index (Phi) is 3.38. The first kappa shape index (κ1) is 12.8. The second kappa shape index (κ2) is 5.03. The molecule has 1 fully saturated rings. The summed E-state index contributed by atoms with van der Waals surface area (Å²) in [6.07, 6.45) is 1.13. The molecule has 0 saturated carbocycles. The fourth-order valence-corrected chi connectivity index (χ4v) is 3.08. The molecule has 19 heavy (non-hydrogen) atoms. The van der Waals surface area contributed by atoms with Crippen LogP contribution in [0.4, 0.5) is 0 Å². The van der Waals surface area contributed by atoms with Gasteiger partial charge in [0.05, 0.1) is 6.54 Å². The van der Waals surface area contributed by atoms with E-state index in [0.29, 0.717) is 18.3 Å². The van der Waals surface area contributed by atoms with Crippen LogP contribution in [0, 0.1) is 5.41 Å². The molecule has 3 rings (SSSR count). The molecular formula is C13H18N4OS. The molecule has 1 aliphatic rings. The Morgan fingerprint density at radius 1 is 1.58 bits per heavy atom. The Morgan fingerprint density at radius 3 is 3.16 bits per heavy atom. The molecule has 3 heterocycles. The SMILES string of the molecule is CC1(CN)CCN(Cc2nc(-c3ccsc3)no2)C1. The van der Waals surface area contributed by atoms with Crippen LogP contribution in [0.15, 0.2) is 21.3 Å². The van der Waals surface area contributed by atoms with Gasteiger partial charge in [0.25, 0.3) is 0 Å². The minimum Gasteiger partial charge on any atom is -0.338 e. The summed E-state index contributed by atoms with van der Waals surface area (Å²) in [5.74, 6) is 1.36. The molecule has 6 heteroatoms. The number of hydrogen-bond donors (Lipinski definition) is 1. The largest absolute Gasteiger partial charge is 0.338 e. The Balaban J connectivity index is 1.65. The predicted molar refractivity (Wildman–Crippen MR) is 74.7 cm³/mol. The Morgan fingerprint density at radius 2 is 2.47 bits per heavy atom. The van der Waals surface area contributed by atoms with E-state index in [9.17, 15) is 0 Å². The lowest BCUT2D eigenvalue weighted by Crippen LogP contribution is -2.31. The van der Waals surface area contributed by atoms with Gasteiger partial charge in [0, 0.05) is 17.5 Å². The molecule has 1 aliphatic heterocycles. The van der Waals surface area contributed by atoms with Crippen molar-refractivity contribution in [2.24, 2.45) is 11.1 Å².